The van der Waals surface area contributed by atoms with Gasteiger partial charge in [0, 0.05) is 23.7 Å². The number of nitrogens with zero attached hydrogens (tertiary/aromatic N) is 2. The van der Waals surface area contributed by atoms with Crippen LogP contribution in [0.4, 0.5) is 0 Å². The third kappa shape index (κ3) is 3.46. The molecule has 0 radical (unpaired) electrons. The Labute approximate surface area is 113 Å². The summed E-state index contributed by atoms with van der Waals surface area (Å²) in [5.74, 6) is 0. The normalized spacial score (nSPS) is 26.5. The number of hydrogen-bond donors (Lipinski definition) is 1. The van der Waals surface area contributed by atoms with E-state index >= 15 is 0 Å². The van der Waals surface area contributed by atoms with Crippen LogP contribution in [0.25, 0.3) is 0 Å². The highest BCUT2D eigenvalue weighted by Crippen LogP contribution is 2.38. The molecule has 0 aromatic heterocycles. The molecule has 1 rings (SSSR count). The van der Waals surface area contributed by atoms with Gasteiger partial charge in [-0.25, -0.2) is 0 Å². The number of aliphatic hydroxyl groups is 1. The van der Waals surface area contributed by atoms with Crippen molar-refractivity contribution in [3.8, 4) is 0 Å². The van der Waals surface area contributed by atoms with Crippen LogP contribution in [-0.2, 0) is 0 Å². The molecule has 1 aliphatic heterocycles. The third-order valence-electron chi connectivity index (χ3n) is 4.88. The van der Waals surface area contributed by atoms with E-state index in [0.29, 0.717) is 6.04 Å². The molecule has 0 saturated carbocycles. The molecule has 1 N–H and O–H groups in total. The molecule has 0 aromatic carbocycles. The molecule has 0 amide bonds. The largest absolute Gasteiger partial charge is 0.392 e. The quantitative estimate of drug-likeness (QED) is 0.836. The van der Waals surface area contributed by atoms with Crippen LogP contribution in [0.5, 0.6) is 0 Å². The van der Waals surface area contributed by atoms with Gasteiger partial charge in [-0.1, -0.05) is 6.92 Å². The van der Waals surface area contributed by atoms with Gasteiger partial charge in [0.15, 0.2) is 0 Å². The van der Waals surface area contributed by atoms with Crippen LogP contribution < -0.4 is 0 Å². The Bertz CT molecular complexity index is 258. The van der Waals surface area contributed by atoms with Gasteiger partial charge in [-0.05, 0) is 61.1 Å². The molecule has 0 aliphatic carbocycles. The van der Waals surface area contributed by atoms with E-state index in [0.717, 1.165) is 13.0 Å². The van der Waals surface area contributed by atoms with Gasteiger partial charge in [0.1, 0.15) is 0 Å². The van der Waals surface area contributed by atoms with Crippen molar-refractivity contribution in [2.24, 2.45) is 0 Å². The number of likely N-dealkylation sites (N-methyl/N-ethyl adjacent to an activating group) is 1. The second-order valence-electron chi connectivity index (χ2n) is 7.25. The topological polar surface area (TPSA) is 26.7 Å². The first-order valence-corrected chi connectivity index (χ1v) is 7.22. The predicted molar refractivity (Wildman–Crippen MR) is 77.9 cm³/mol. The Balaban J connectivity index is 2.74. The highest BCUT2D eigenvalue weighted by Gasteiger charge is 2.44. The average Bonchev–Trinajstić information content (AvgIpc) is 2.24. The molecular formula is C15H32N2O. The minimum absolute atomic E-state index is 0.194. The first-order chi connectivity index (χ1) is 8.10. The zero-order chi connectivity index (χ0) is 14.1. The fourth-order valence-corrected chi connectivity index (χ4v) is 3.24. The Hall–Kier alpha value is -0.120. The van der Waals surface area contributed by atoms with Crippen molar-refractivity contribution in [2.45, 2.75) is 77.1 Å². The summed E-state index contributed by atoms with van der Waals surface area (Å²) < 4.78 is 0. The highest BCUT2D eigenvalue weighted by molar-refractivity contribution is 5.01. The second-order valence-corrected chi connectivity index (χ2v) is 7.25. The smallest absolute Gasteiger partial charge is 0.0664 e. The molecule has 0 spiro atoms. The van der Waals surface area contributed by atoms with E-state index in [1.807, 2.05) is 6.92 Å². The van der Waals surface area contributed by atoms with Gasteiger partial charge in [0.05, 0.1) is 6.10 Å². The minimum atomic E-state index is -0.194. The number of hydrogen-bond acceptors (Lipinski definition) is 3. The molecule has 3 nitrogen and oxygen atoms in total. The molecule has 1 unspecified atom stereocenters. The maximum absolute atomic E-state index is 9.82. The maximum atomic E-state index is 9.82. The van der Waals surface area contributed by atoms with E-state index in [2.05, 4.69) is 51.6 Å². The Kier molecular flexibility index (Phi) is 4.85. The van der Waals surface area contributed by atoms with Crippen molar-refractivity contribution in [3.05, 3.63) is 0 Å². The van der Waals surface area contributed by atoms with Crippen molar-refractivity contribution in [1.29, 1.82) is 0 Å². The molecule has 1 fully saturated rings. The summed E-state index contributed by atoms with van der Waals surface area (Å²) in [4.78, 5) is 4.85. The van der Waals surface area contributed by atoms with Crippen LogP contribution in [0.3, 0.4) is 0 Å². The van der Waals surface area contributed by atoms with E-state index in [-0.39, 0.29) is 17.2 Å². The highest BCUT2D eigenvalue weighted by atomic mass is 16.3. The number of likely N-dealkylation sites (tertiary alicyclic amines) is 1. The van der Waals surface area contributed by atoms with Gasteiger partial charge >= 0.3 is 0 Å². The average molecular weight is 256 g/mol. The molecule has 1 heterocycles. The van der Waals surface area contributed by atoms with Crippen molar-refractivity contribution in [1.82, 2.24) is 9.80 Å². The predicted octanol–water partition coefficient (Wildman–Crippen LogP) is 2.34. The molecule has 3 heteroatoms. The molecule has 1 saturated heterocycles. The van der Waals surface area contributed by atoms with E-state index in [4.69, 9.17) is 0 Å². The Morgan fingerprint density at radius 1 is 1.22 bits per heavy atom. The van der Waals surface area contributed by atoms with E-state index in [1.54, 1.807) is 0 Å². The number of aliphatic hydroxyl groups excluding tert-OH is 1. The SMILES string of the molecule is CCC(O)CN(C)C1CC(C)(C)N(C)C(C)(C)C1. The summed E-state index contributed by atoms with van der Waals surface area (Å²) in [6.45, 7) is 12.1. The molecule has 108 valence electrons. The zero-order valence-corrected chi connectivity index (χ0v) is 13.3. The van der Waals surface area contributed by atoms with E-state index in [1.165, 1.54) is 12.8 Å². The fourth-order valence-electron chi connectivity index (χ4n) is 3.24. The molecule has 1 atom stereocenters. The third-order valence-corrected chi connectivity index (χ3v) is 4.88. The second kappa shape index (κ2) is 5.48. The zero-order valence-electron chi connectivity index (χ0n) is 13.3. The number of rotatable bonds is 4. The van der Waals surface area contributed by atoms with Crippen molar-refractivity contribution in [3.63, 3.8) is 0 Å². The van der Waals surface area contributed by atoms with Crippen LogP contribution >= 0.6 is 0 Å². The van der Waals surface area contributed by atoms with Gasteiger partial charge in [0.25, 0.3) is 0 Å². The lowest BCUT2D eigenvalue weighted by atomic mass is 9.77. The summed E-state index contributed by atoms with van der Waals surface area (Å²) in [7, 11) is 4.39. The molecular weight excluding hydrogens is 224 g/mol. The first kappa shape index (κ1) is 15.9. The monoisotopic (exact) mass is 256 g/mol. The van der Waals surface area contributed by atoms with Crippen molar-refractivity contribution in [2.75, 3.05) is 20.6 Å². The fraction of sp³-hybridized carbons (Fsp3) is 1.00. The lowest BCUT2D eigenvalue weighted by Gasteiger charge is -2.55. The van der Waals surface area contributed by atoms with E-state index in [9.17, 15) is 5.11 Å². The Morgan fingerprint density at radius 3 is 2.06 bits per heavy atom. The summed E-state index contributed by atoms with van der Waals surface area (Å²) in [5, 5.41) is 9.82. The molecule has 1 aliphatic rings. The minimum Gasteiger partial charge on any atom is -0.392 e. The summed E-state index contributed by atoms with van der Waals surface area (Å²) in [6.07, 6.45) is 2.98. The number of piperidine rings is 1. The van der Waals surface area contributed by atoms with Gasteiger partial charge < -0.3 is 10.0 Å². The van der Waals surface area contributed by atoms with Gasteiger partial charge in [0.2, 0.25) is 0 Å². The van der Waals surface area contributed by atoms with Gasteiger partial charge in [-0.2, -0.15) is 0 Å². The van der Waals surface area contributed by atoms with Crippen LogP contribution in [0.15, 0.2) is 0 Å². The first-order valence-electron chi connectivity index (χ1n) is 7.22. The van der Waals surface area contributed by atoms with Crippen LogP contribution in [-0.4, -0.2) is 58.8 Å². The summed E-state index contributed by atoms with van der Waals surface area (Å²) in [5.41, 5.74) is 0.440. The lowest BCUT2D eigenvalue weighted by Crippen LogP contribution is -2.62. The maximum Gasteiger partial charge on any atom is 0.0664 e. The van der Waals surface area contributed by atoms with E-state index < -0.39 is 0 Å². The summed E-state index contributed by atoms with van der Waals surface area (Å²) >= 11 is 0. The van der Waals surface area contributed by atoms with Gasteiger partial charge in [-0.3, -0.25) is 4.90 Å². The Morgan fingerprint density at radius 2 is 1.67 bits per heavy atom. The van der Waals surface area contributed by atoms with Crippen LogP contribution in [0.2, 0.25) is 0 Å². The molecule has 0 bridgehead atoms. The lowest BCUT2D eigenvalue weighted by molar-refractivity contribution is -0.0488. The standard InChI is InChI=1S/C15H32N2O/c1-8-13(18)11-16(6)12-9-14(2,3)17(7)15(4,5)10-12/h12-13,18H,8-11H2,1-7H3. The van der Waals surface area contributed by atoms with Crippen LogP contribution in [0.1, 0.15) is 53.9 Å². The van der Waals surface area contributed by atoms with Crippen LogP contribution in [0, 0.1) is 0 Å². The van der Waals surface area contributed by atoms with Crippen molar-refractivity contribution >= 4 is 0 Å². The molecule has 0 aromatic rings. The summed E-state index contributed by atoms with van der Waals surface area (Å²) in [6, 6.07) is 0.562. The van der Waals surface area contributed by atoms with Crippen molar-refractivity contribution < 1.29 is 5.11 Å². The van der Waals surface area contributed by atoms with Gasteiger partial charge in [-0.15, -0.1) is 0 Å². The molecule has 18 heavy (non-hydrogen) atoms.